The number of nitrogens with zero attached hydrogens (tertiary/aromatic N) is 3. The van der Waals surface area contributed by atoms with Crippen molar-refractivity contribution < 1.29 is 18.7 Å². The van der Waals surface area contributed by atoms with Gasteiger partial charge in [0.05, 0.1) is 24.3 Å². The average Bonchev–Trinajstić information content (AvgIpc) is 3.13. The van der Waals surface area contributed by atoms with E-state index in [1.807, 2.05) is 57.2 Å². The fourth-order valence-corrected chi connectivity index (χ4v) is 6.28. The number of carbonyl (C=O) groups excluding carboxylic acids is 1. The van der Waals surface area contributed by atoms with Crippen LogP contribution < -0.4 is 20.8 Å². The Hall–Kier alpha value is -5.32. The van der Waals surface area contributed by atoms with Crippen LogP contribution in [0, 0.1) is 12.7 Å². The van der Waals surface area contributed by atoms with E-state index in [2.05, 4.69) is 27.1 Å². The van der Waals surface area contributed by atoms with Crippen molar-refractivity contribution in [1.29, 1.82) is 0 Å². The van der Waals surface area contributed by atoms with Crippen molar-refractivity contribution >= 4 is 34.3 Å². The Morgan fingerprint density at radius 1 is 1.06 bits per heavy atom. The minimum Gasteiger partial charge on any atom is -0.451 e. The number of morpholine rings is 1. The number of hydrogen-bond donors (Lipinski definition) is 2. The Bertz CT molecular complexity index is 2070. The van der Waals surface area contributed by atoms with Gasteiger partial charge in [-0.15, -0.1) is 0 Å². The van der Waals surface area contributed by atoms with E-state index in [4.69, 9.17) is 9.47 Å². The van der Waals surface area contributed by atoms with Gasteiger partial charge in [-0.05, 0) is 72.5 Å². The first kappa shape index (κ1) is 33.6. The maximum Gasteiger partial charge on any atom is 0.261 e. The summed E-state index contributed by atoms with van der Waals surface area (Å²) in [6.07, 6.45) is 7.18. The fraction of sp³-hybridized carbons (Fsp3) is 0.256. The summed E-state index contributed by atoms with van der Waals surface area (Å²) in [6.45, 7) is 14.5. The van der Waals surface area contributed by atoms with E-state index in [0.717, 1.165) is 48.3 Å². The molecule has 1 fully saturated rings. The Morgan fingerprint density at radius 3 is 2.57 bits per heavy atom. The second-order valence-corrected chi connectivity index (χ2v) is 11.7. The quantitative estimate of drug-likeness (QED) is 0.154. The van der Waals surface area contributed by atoms with Crippen molar-refractivity contribution in [2.24, 2.45) is 0 Å². The Labute approximate surface area is 285 Å². The molecular formula is C39H40FN5O4. The van der Waals surface area contributed by atoms with Crippen molar-refractivity contribution in [2.75, 3.05) is 50.0 Å². The van der Waals surface area contributed by atoms with Gasteiger partial charge >= 0.3 is 0 Å². The van der Waals surface area contributed by atoms with Crippen LogP contribution in [0.3, 0.4) is 0 Å². The third-order valence-corrected chi connectivity index (χ3v) is 8.68. The lowest BCUT2D eigenvalue weighted by Gasteiger charge is -2.28. The lowest BCUT2D eigenvalue weighted by atomic mass is 9.94. The van der Waals surface area contributed by atoms with Gasteiger partial charge in [-0.3, -0.25) is 19.5 Å². The first-order valence-electron chi connectivity index (χ1n) is 16.6. The molecule has 7 rings (SSSR count). The second-order valence-electron chi connectivity index (χ2n) is 11.7. The molecule has 2 aromatic heterocycles. The second kappa shape index (κ2) is 14.8. The third kappa shape index (κ3) is 6.70. The van der Waals surface area contributed by atoms with Crippen LogP contribution in [0.15, 0.2) is 84.6 Å². The Kier molecular flexibility index (Phi) is 10.2. The van der Waals surface area contributed by atoms with Gasteiger partial charge in [0.25, 0.3) is 5.91 Å². The molecule has 2 N–H and O–H groups in total. The van der Waals surface area contributed by atoms with Crippen LogP contribution in [0.2, 0.25) is 0 Å². The van der Waals surface area contributed by atoms with Crippen LogP contribution in [0.1, 0.15) is 41.8 Å². The highest BCUT2D eigenvalue weighted by Crippen LogP contribution is 2.47. The molecule has 0 saturated carbocycles. The summed E-state index contributed by atoms with van der Waals surface area (Å²) in [5.41, 5.74) is 4.75. The van der Waals surface area contributed by atoms with Crippen LogP contribution in [-0.4, -0.2) is 59.8 Å². The van der Waals surface area contributed by atoms with Crippen LogP contribution in [-0.2, 0) is 4.74 Å². The summed E-state index contributed by atoms with van der Waals surface area (Å²) >= 11 is 0. The van der Waals surface area contributed by atoms with Gasteiger partial charge in [-0.25, -0.2) is 4.39 Å². The largest absolute Gasteiger partial charge is 0.451 e. The number of aromatic nitrogens is 2. The van der Waals surface area contributed by atoms with E-state index >= 15 is 4.39 Å². The molecule has 2 aliphatic heterocycles. The van der Waals surface area contributed by atoms with Crippen molar-refractivity contribution in [1.82, 2.24) is 14.5 Å². The van der Waals surface area contributed by atoms with Gasteiger partial charge in [0.1, 0.15) is 16.8 Å². The number of anilines is 2. The molecule has 1 amide bonds. The zero-order valence-electron chi connectivity index (χ0n) is 28.0. The molecule has 0 unspecified atom stereocenters. The van der Waals surface area contributed by atoms with Crippen LogP contribution in [0.5, 0.6) is 11.5 Å². The van der Waals surface area contributed by atoms with E-state index in [0.29, 0.717) is 42.4 Å². The summed E-state index contributed by atoms with van der Waals surface area (Å²) in [6, 6.07) is 16.3. The number of nitrogens with one attached hydrogen (secondary N) is 2. The number of aryl methyl sites for hydroxylation is 1. The van der Waals surface area contributed by atoms with Crippen LogP contribution in [0.4, 0.5) is 15.8 Å². The van der Waals surface area contributed by atoms with Crippen LogP contribution >= 0.6 is 0 Å². The van der Waals surface area contributed by atoms with Crippen molar-refractivity contribution in [3.05, 3.63) is 112 Å². The van der Waals surface area contributed by atoms with Crippen molar-refractivity contribution in [3.63, 3.8) is 0 Å². The molecule has 9 nitrogen and oxygen atoms in total. The number of amides is 1. The SMILES string of the molecule is C=Cc1ccccc1-c1cc2c(cc1C)-n1cc(C(=O)Nc3ccncc3)c(=O)c3cc(F)c(NCCCN4CCOCC4)c(c31)O2.CC. The predicted molar refractivity (Wildman–Crippen MR) is 194 cm³/mol. The molecule has 0 bridgehead atoms. The van der Waals surface area contributed by atoms with E-state index < -0.39 is 17.2 Å². The van der Waals surface area contributed by atoms with Gasteiger partial charge < -0.3 is 24.7 Å². The van der Waals surface area contributed by atoms with Crippen molar-refractivity contribution in [2.45, 2.75) is 27.2 Å². The van der Waals surface area contributed by atoms with Gasteiger partial charge in [-0.2, -0.15) is 0 Å². The van der Waals surface area contributed by atoms with Gasteiger partial charge in [-0.1, -0.05) is 50.8 Å². The number of fused-ring (bicyclic) bond motifs is 2. The summed E-state index contributed by atoms with van der Waals surface area (Å²) in [7, 11) is 0. The van der Waals surface area contributed by atoms with Gasteiger partial charge in [0, 0.05) is 43.9 Å². The molecule has 1 saturated heterocycles. The molecule has 5 aromatic rings. The number of benzene rings is 3. The first-order chi connectivity index (χ1) is 23.9. The molecule has 0 spiro atoms. The van der Waals surface area contributed by atoms with E-state index in [1.165, 1.54) is 12.3 Å². The molecule has 0 atom stereocenters. The van der Waals surface area contributed by atoms with Crippen molar-refractivity contribution in [3.8, 4) is 28.3 Å². The lowest BCUT2D eigenvalue weighted by Crippen LogP contribution is -2.37. The number of hydrogen-bond acceptors (Lipinski definition) is 7. The molecule has 4 heterocycles. The first-order valence-corrected chi connectivity index (χ1v) is 16.6. The number of rotatable bonds is 9. The average molecular weight is 662 g/mol. The number of pyridine rings is 2. The molecule has 3 aromatic carbocycles. The number of carbonyl (C=O) groups is 1. The smallest absolute Gasteiger partial charge is 0.261 e. The standard InChI is InChI=1S/C37H34FN5O4.C2H6/c1-3-24-7-4-5-8-26(24)27-21-32-31(19-23(27)2)43-22-29(37(45)41-25-9-12-39-13-10-25)35(44)28-20-30(38)33(36(47-32)34(28)43)40-11-6-14-42-15-17-46-18-16-42;1-2/h3-5,7-10,12-13,19-22,40H,1,6,11,14-18H2,2H3,(H,39,41,45);1-2H3. The molecule has 0 radical (unpaired) electrons. The van der Waals surface area contributed by atoms with E-state index in [9.17, 15) is 9.59 Å². The summed E-state index contributed by atoms with van der Waals surface area (Å²) in [5, 5.41) is 6.06. The van der Waals surface area contributed by atoms with E-state index in [-0.39, 0.29) is 22.4 Å². The topological polar surface area (TPSA) is 97.7 Å². The van der Waals surface area contributed by atoms with E-state index in [1.54, 1.807) is 35.2 Å². The normalized spacial score (nSPS) is 13.5. The molecule has 49 heavy (non-hydrogen) atoms. The molecule has 2 aliphatic rings. The summed E-state index contributed by atoms with van der Waals surface area (Å²) in [5.74, 6) is -0.587. The zero-order chi connectivity index (χ0) is 34.5. The third-order valence-electron chi connectivity index (χ3n) is 8.68. The fourth-order valence-electron chi connectivity index (χ4n) is 6.28. The highest BCUT2D eigenvalue weighted by molar-refractivity contribution is 6.07. The molecule has 0 aliphatic carbocycles. The highest BCUT2D eigenvalue weighted by Gasteiger charge is 2.29. The predicted octanol–water partition coefficient (Wildman–Crippen LogP) is 7.66. The molecule has 252 valence electrons. The summed E-state index contributed by atoms with van der Waals surface area (Å²) in [4.78, 5) is 33.6. The minimum absolute atomic E-state index is 0.0446. The maximum absolute atomic E-state index is 16.0. The van der Waals surface area contributed by atoms with Crippen LogP contribution in [0.25, 0.3) is 33.8 Å². The van der Waals surface area contributed by atoms with Gasteiger partial charge in [0.15, 0.2) is 17.3 Å². The summed E-state index contributed by atoms with van der Waals surface area (Å²) < 4.78 is 29.7. The highest BCUT2D eigenvalue weighted by atomic mass is 19.1. The van der Waals surface area contributed by atoms with Gasteiger partial charge in [0.2, 0.25) is 5.43 Å². The number of halogens is 1. The monoisotopic (exact) mass is 661 g/mol. The zero-order valence-corrected chi connectivity index (χ0v) is 28.0. The molecular weight excluding hydrogens is 621 g/mol. The lowest BCUT2D eigenvalue weighted by molar-refractivity contribution is 0.0378. The Morgan fingerprint density at radius 2 is 1.82 bits per heavy atom. The molecule has 10 heteroatoms. The maximum atomic E-state index is 16.0. The number of ether oxygens (including phenoxy) is 2. The minimum atomic E-state index is -0.637. The Balaban J connectivity index is 0.00000205.